The molecule has 0 saturated carbocycles. The fourth-order valence-corrected chi connectivity index (χ4v) is 4.55. The van der Waals surface area contributed by atoms with Crippen molar-refractivity contribution in [3.8, 4) is 11.3 Å². The minimum atomic E-state index is -0.890. The fraction of sp³-hybridized carbons (Fsp3) is 0.121. The smallest absolute Gasteiger partial charge is 0.307 e. The second-order valence-corrected chi connectivity index (χ2v) is 9.58. The number of carboxylic acids is 1. The van der Waals surface area contributed by atoms with E-state index in [-0.39, 0.29) is 18.1 Å². The average Bonchev–Trinajstić information content (AvgIpc) is 2.98. The fourth-order valence-electron chi connectivity index (χ4n) is 4.55. The second kappa shape index (κ2) is 12.2. The van der Waals surface area contributed by atoms with Crippen LogP contribution in [0.5, 0.6) is 0 Å². The highest BCUT2D eigenvalue weighted by atomic mass is 19.1. The zero-order valence-electron chi connectivity index (χ0n) is 22.0. The van der Waals surface area contributed by atoms with Crippen molar-refractivity contribution in [2.24, 2.45) is 0 Å². The standard InChI is InChI=1S/C33H25FN4O3/c1-35-27-13-5-22(6-14-27)20-36-33(41)25-10-16-28-30(19-25)37-29(32(38-28)24-8-11-26(34)12-9-24)15-7-21-3-2-4-23(17-21)18-31(39)40/h2-6,8-14,16-17,19H,7,15,18,20H2,(H,36,41)(H,39,40). The summed E-state index contributed by atoms with van der Waals surface area (Å²) in [5.74, 6) is -1.50. The first kappa shape index (κ1) is 27.2. The van der Waals surface area contributed by atoms with Crippen LogP contribution in [0.25, 0.3) is 27.1 Å². The molecule has 0 bridgehead atoms. The topological polar surface area (TPSA) is 96.5 Å². The zero-order valence-corrected chi connectivity index (χ0v) is 22.0. The number of benzene rings is 4. The van der Waals surface area contributed by atoms with Crippen LogP contribution < -0.4 is 5.32 Å². The summed E-state index contributed by atoms with van der Waals surface area (Å²) in [4.78, 5) is 37.2. The van der Waals surface area contributed by atoms with Crippen LogP contribution in [0, 0.1) is 12.4 Å². The van der Waals surface area contributed by atoms with E-state index < -0.39 is 5.97 Å². The van der Waals surface area contributed by atoms with Crippen molar-refractivity contribution in [2.45, 2.75) is 25.8 Å². The Morgan fingerprint density at radius 2 is 1.59 bits per heavy atom. The predicted octanol–water partition coefficient (Wildman–Crippen LogP) is 6.33. The van der Waals surface area contributed by atoms with E-state index in [1.54, 1.807) is 60.7 Å². The van der Waals surface area contributed by atoms with E-state index in [1.165, 1.54) is 12.1 Å². The molecule has 202 valence electrons. The molecule has 5 rings (SSSR count). The molecule has 8 heteroatoms. The van der Waals surface area contributed by atoms with E-state index in [0.717, 1.165) is 22.3 Å². The first-order valence-electron chi connectivity index (χ1n) is 13.0. The summed E-state index contributed by atoms with van der Waals surface area (Å²) in [6.45, 7) is 7.37. The van der Waals surface area contributed by atoms with Gasteiger partial charge in [0, 0.05) is 17.7 Å². The summed E-state index contributed by atoms with van der Waals surface area (Å²) >= 11 is 0. The number of rotatable bonds is 9. The number of fused-ring (bicyclic) bond motifs is 1. The SMILES string of the molecule is [C-]#[N+]c1ccc(CNC(=O)c2ccc3nc(-c4ccc(F)cc4)c(CCc4cccc(CC(=O)O)c4)nc3c2)cc1. The van der Waals surface area contributed by atoms with Crippen LogP contribution in [0.2, 0.25) is 0 Å². The van der Waals surface area contributed by atoms with Crippen LogP contribution in [0.1, 0.15) is 32.7 Å². The molecule has 1 heterocycles. The van der Waals surface area contributed by atoms with Gasteiger partial charge in [0.05, 0.1) is 35.4 Å². The van der Waals surface area contributed by atoms with E-state index in [9.17, 15) is 14.0 Å². The van der Waals surface area contributed by atoms with Crippen molar-refractivity contribution in [1.82, 2.24) is 15.3 Å². The molecule has 1 amide bonds. The lowest BCUT2D eigenvalue weighted by Gasteiger charge is -2.12. The summed E-state index contributed by atoms with van der Waals surface area (Å²) in [6, 6.07) is 25.7. The summed E-state index contributed by atoms with van der Waals surface area (Å²) in [5.41, 5.74) is 6.73. The lowest BCUT2D eigenvalue weighted by molar-refractivity contribution is -0.136. The van der Waals surface area contributed by atoms with E-state index >= 15 is 0 Å². The van der Waals surface area contributed by atoms with Gasteiger partial charge in [-0.05, 0) is 72.0 Å². The van der Waals surface area contributed by atoms with Crippen molar-refractivity contribution in [3.05, 3.63) is 136 Å². The molecule has 0 aliphatic carbocycles. The minimum Gasteiger partial charge on any atom is -0.481 e. The van der Waals surface area contributed by atoms with Gasteiger partial charge in [-0.1, -0.05) is 48.5 Å². The van der Waals surface area contributed by atoms with Crippen LogP contribution >= 0.6 is 0 Å². The predicted molar refractivity (Wildman–Crippen MR) is 154 cm³/mol. The van der Waals surface area contributed by atoms with Gasteiger partial charge < -0.3 is 10.4 Å². The van der Waals surface area contributed by atoms with Gasteiger partial charge in [0.25, 0.3) is 5.91 Å². The number of halogens is 1. The Balaban J connectivity index is 1.42. The highest BCUT2D eigenvalue weighted by Crippen LogP contribution is 2.26. The molecule has 0 fully saturated rings. The Morgan fingerprint density at radius 3 is 2.32 bits per heavy atom. The number of aliphatic carboxylic acids is 1. The Hall–Kier alpha value is -5.42. The normalized spacial score (nSPS) is 10.7. The van der Waals surface area contributed by atoms with Crippen molar-refractivity contribution in [1.29, 1.82) is 0 Å². The molecule has 7 nitrogen and oxygen atoms in total. The van der Waals surface area contributed by atoms with E-state index in [0.29, 0.717) is 53.1 Å². The van der Waals surface area contributed by atoms with Crippen molar-refractivity contribution >= 4 is 28.6 Å². The largest absolute Gasteiger partial charge is 0.481 e. The van der Waals surface area contributed by atoms with Gasteiger partial charge in [0.15, 0.2) is 5.69 Å². The first-order valence-corrected chi connectivity index (χ1v) is 13.0. The number of hydrogen-bond acceptors (Lipinski definition) is 4. The number of nitrogens with one attached hydrogen (secondary N) is 1. The Bertz CT molecular complexity index is 1780. The molecule has 4 aromatic carbocycles. The lowest BCUT2D eigenvalue weighted by Crippen LogP contribution is -2.22. The third kappa shape index (κ3) is 6.78. The number of hydrogen-bond donors (Lipinski definition) is 2. The lowest BCUT2D eigenvalue weighted by atomic mass is 10.0. The molecule has 0 spiro atoms. The molecular formula is C33H25FN4O3. The molecule has 41 heavy (non-hydrogen) atoms. The maximum atomic E-state index is 13.7. The van der Waals surface area contributed by atoms with Crippen LogP contribution in [0.3, 0.4) is 0 Å². The molecule has 0 unspecified atom stereocenters. The highest BCUT2D eigenvalue weighted by Gasteiger charge is 2.14. The molecule has 0 aliphatic rings. The number of amides is 1. The highest BCUT2D eigenvalue weighted by molar-refractivity contribution is 5.97. The number of carbonyl (C=O) groups excluding carboxylic acids is 1. The summed E-state index contributed by atoms with van der Waals surface area (Å²) < 4.78 is 13.7. The first-order chi connectivity index (χ1) is 19.9. The Kier molecular flexibility index (Phi) is 8.07. The number of aromatic nitrogens is 2. The number of carboxylic acid groups (broad SMARTS) is 1. The second-order valence-electron chi connectivity index (χ2n) is 9.58. The van der Waals surface area contributed by atoms with Crippen molar-refractivity contribution < 1.29 is 19.1 Å². The molecular weight excluding hydrogens is 519 g/mol. The van der Waals surface area contributed by atoms with E-state index in [1.807, 2.05) is 18.2 Å². The van der Waals surface area contributed by atoms with Crippen LogP contribution in [-0.2, 0) is 30.6 Å². The van der Waals surface area contributed by atoms with Gasteiger partial charge in [-0.25, -0.2) is 19.2 Å². The van der Waals surface area contributed by atoms with Gasteiger partial charge in [0.2, 0.25) is 0 Å². The Labute approximate surface area is 236 Å². The van der Waals surface area contributed by atoms with Crippen molar-refractivity contribution in [2.75, 3.05) is 0 Å². The monoisotopic (exact) mass is 544 g/mol. The molecule has 0 atom stereocenters. The number of carbonyl (C=O) groups is 2. The van der Waals surface area contributed by atoms with E-state index in [2.05, 4.69) is 10.2 Å². The van der Waals surface area contributed by atoms with Gasteiger partial charge >= 0.3 is 5.97 Å². The maximum Gasteiger partial charge on any atom is 0.307 e. The average molecular weight is 545 g/mol. The maximum absolute atomic E-state index is 13.7. The van der Waals surface area contributed by atoms with Gasteiger partial charge in [-0.15, -0.1) is 0 Å². The van der Waals surface area contributed by atoms with E-state index in [4.69, 9.17) is 21.6 Å². The zero-order chi connectivity index (χ0) is 28.8. The minimum absolute atomic E-state index is 0.0540. The summed E-state index contributed by atoms with van der Waals surface area (Å²) in [6.07, 6.45) is 1.04. The summed E-state index contributed by atoms with van der Waals surface area (Å²) in [5, 5.41) is 12.0. The van der Waals surface area contributed by atoms with Gasteiger partial charge in [-0.3, -0.25) is 9.59 Å². The Morgan fingerprint density at radius 1 is 0.829 bits per heavy atom. The quantitative estimate of drug-likeness (QED) is 0.212. The van der Waals surface area contributed by atoms with Crippen LogP contribution in [-0.4, -0.2) is 27.0 Å². The third-order valence-electron chi connectivity index (χ3n) is 6.63. The van der Waals surface area contributed by atoms with Crippen LogP contribution in [0.15, 0.2) is 91.0 Å². The molecule has 0 saturated heterocycles. The molecule has 0 radical (unpaired) electrons. The molecule has 5 aromatic rings. The molecule has 2 N–H and O–H groups in total. The molecule has 0 aliphatic heterocycles. The number of aryl methyl sites for hydroxylation is 2. The third-order valence-corrected chi connectivity index (χ3v) is 6.63. The molecule has 1 aromatic heterocycles. The number of nitrogens with zero attached hydrogens (tertiary/aromatic N) is 3. The van der Waals surface area contributed by atoms with Gasteiger partial charge in [-0.2, -0.15) is 0 Å². The van der Waals surface area contributed by atoms with Crippen LogP contribution in [0.4, 0.5) is 10.1 Å². The van der Waals surface area contributed by atoms with Crippen molar-refractivity contribution in [3.63, 3.8) is 0 Å². The van der Waals surface area contributed by atoms with Gasteiger partial charge in [0.1, 0.15) is 5.82 Å². The summed E-state index contributed by atoms with van der Waals surface area (Å²) in [7, 11) is 0.